The van der Waals surface area contributed by atoms with E-state index < -0.39 is 0 Å². The SMILES string of the molecule is COc1cc2c(cc1OC)-c1c(sc3ncn(N)c(=N)c13)C2. The number of thiophene rings is 1. The summed E-state index contributed by atoms with van der Waals surface area (Å²) in [5.41, 5.74) is 3.56. The number of hydrogen-bond acceptors (Lipinski definition) is 6. The molecule has 0 atom stereocenters. The van der Waals surface area contributed by atoms with Crippen LogP contribution in [-0.4, -0.2) is 23.9 Å². The Bertz CT molecular complexity index is 974. The molecule has 22 heavy (non-hydrogen) atoms. The summed E-state index contributed by atoms with van der Waals surface area (Å²) < 4.78 is 12.0. The standard InChI is InChI=1S/C15H14N4O2S/c1-20-9-3-7-4-11-12(8(7)5-10(9)21-2)13-14(16)19(17)6-18-15(13)22-11/h3,5-6,16H,4,17H2,1-2H3. The second-order valence-electron chi connectivity index (χ2n) is 5.12. The summed E-state index contributed by atoms with van der Waals surface area (Å²) in [6.07, 6.45) is 2.29. The third kappa shape index (κ3) is 1.59. The lowest BCUT2D eigenvalue weighted by Gasteiger charge is -2.10. The van der Waals surface area contributed by atoms with Gasteiger partial charge in [0.25, 0.3) is 0 Å². The number of rotatable bonds is 2. The number of benzene rings is 1. The third-order valence-electron chi connectivity index (χ3n) is 3.99. The first-order valence-corrected chi connectivity index (χ1v) is 7.53. The zero-order valence-electron chi connectivity index (χ0n) is 12.1. The van der Waals surface area contributed by atoms with Gasteiger partial charge in [-0.05, 0) is 23.3 Å². The Labute approximate surface area is 130 Å². The molecule has 0 unspecified atom stereocenters. The fraction of sp³-hybridized carbons (Fsp3) is 0.200. The monoisotopic (exact) mass is 314 g/mol. The van der Waals surface area contributed by atoms with Crippen molar-refractivity contribution < 1.29 is 9.47 Å². The number of methoxy groups -OCH3 is 2. The van der Waals surface area contributed by atoms with Gasteiger partial charge in [0, 0.05) is 16.9 Å². The van der Waals surface area contributed by atoms with Gasteiger partial charge in [-0.2, -0.15) is 0 Å². The molecule has 0 radical (unpaired) electrons. The molecule has 4 rings (SSSR count). The predicted octanol–water partition coefficient (Wildman–Crippen LogP) is 1.88. The Morgan fingerprint density at radius 1 is 1.27 bits per heavy atom. The van der Waals surface area contributed by atoms with E-state index in [2.05, 4.69) is 4.98 Å². The van der Waals surface area contributed by atoms with Crippen molar-refractivity contribution >= 4 is 21.6 Å². The first-order chi connectivity index (χ1) is 10.6. The topological polar surface area (TPSA) is 86.2 Å². The molecule has 1 aliphatic carbocycles. The lowest BCUT2D eigenvalue weighted by Crippen LogP contribution is -2.27. The maximum atomic E-state index is 8.24. The molecule has 1 aromatic carbocycles. The first-order valence-electron chi connectivity index (χ1n) is 6.72. The van der Waals surface area contributed by atoms with Crippen LogP contribution in [0.15, 0.2) is 18.5 Å². The van der Waals surface area contributed by atoms with E-state index in [4.69, 9.17) is 20.7 Å². The van der Waals surface area contributed by atoms with Crippen LogP contribution in [0.25, 0.3) is 21.3 Å². The van der Waals surface area contributed by atoms with E-state index in [1.807, 2.05) is 12.1 Å². The Kier molecular flexibility index (Phi) is 2.67. The highest BCUT2D eigenvalue weighted by Crippen LogP contribution is 2.47. The van der Waals surface area contributed by atoms with E-state index in [9.17, 15) is 0 Å². The molecule has 7 heteroatoms. The maximum absolute atomic E-state index is 8.24. The molecule has 0 aliphatic heterocycles. The minimum atomic E-state index is 0.269. The average Bonchev–Trinajstić information content (AvgIpc) is 3.04. The fourth-order valence-corrected chi connectivity index (χ4v) is 4.14. The van der Waals surface area contributed by atoms with Crippen LogP contribution in [0.1, 0.15) is 10.4 Å². The lowest BCUT2D eigenvalue weighted by atomic mass is 10.0. The number of nitrogens with zero attached hydrogens (tertiary/aromatic N) is 2. The van der Waals surface area contributed by atoms with Crippen LogP contribution < -0.4 is 20.8 Å². The molecule has 3 aromatic rings. The van der Waals surface area contributed by atoms with Crippen LogP contribution >= 0.6 is 11.3 Å². The van der Waals surface area contributed by atoms with E-state index in [0.717, 1.165) is 33.5 Å². The van der Waals surface area contributed by atoms with E-state index in [-0.39, 0.29) is 5.49 Å². The van der Waals surface area contributed by atoms with Crippen molar-refractivity contribution in [3.63, 3.8) is 0 Å². The van der Waals surface area contributed by atoms with Crippen molar-refractivity contribution in [1.29, 1.82) is 5.41 Å². The van der Waals surface area contributed by atoms with Crippen LogP contribution in [0, 0.1) is 5.41 Å². The van der Waals surface area contributed by atoms with E-state index in [1.54, 1.807) is 25.6 Å². The van der Waals surface area contributed by atoms with E-state index in [1.165, 1.54) is 21.4 Å². The number of fused-ring (bicyclic) bond motifs is 5. The average molecular weight is 314 g/mol. The Morgan fingerprint density at radius 2 is 2.00 bits per heavy atom. The minimum absolute atomic E-state index is 0.269. The number of nitrogens with two attached hydrogens (primary N) is 1. The maximum Gasteiger partial charge on any atom is 0.161 e. The molecule has 6 nitrogen and oxygen atoms in total. The largest absolute Gasteiger partial charge is 0.493 e. The van der Waals surface area contributed by atoms with Gasteiger partial charge in [-0.25, -0.2) is 9.66 Å². The number of ether oxygens (including phenoxy) is 2. The second-order valence-corrected chi connectivity index (χ2v) is 6.21. The molecule has 1 aliphatic rings. The fourth-order valence-electron chi connectivity index (χ4n) is 2.96. The van der Waals surface area contributed by atoms with Crippen LogP contribution in [0.4, 0.5) is 0 Å². The highest BCUT2D eigenvalue weighted by molar-refractivity contribution is 7.19. The highest BCUT2D eigenvalue weighted by Gasteiger charge is 2.27. The van der Waals surface area contributed by atoms with Crippen molar-refractivity contribution in [3.8, 4) is 22.6 Å². The summed E-state index contributed by atoms with van der Waals surface area (Å²) in [5, 5.41) is 9.04. The quantitative estimate of drug-likeness (QED) is 0.553. The molecule has 3 N–H and O–H groups in total. The van der Waals surface area contributed by atoms with Crippen LogP contribution in [0.5, 0.6) is 11.5 Å². The highest BCUT2D eigenvalue weighted by atomic mass is 32.1. The van der Waals surface area contributed by atoms with Crippen LogP contribution in [0.3, 0.4) is 0 Å². The van der Waals surface area contributed by atoms with Gasteiger partial charge in [-0.1, -0.05) is 0 Å². The summed E-state index contributed by atoms with van der Waals surface area (Å²) in [6.45, 7) is 0. The molecule has 0 bridgehead atoms. The second kappa shape index (κ2) is 4.48. The number of nitrogens with one attached hydrogen (secondary N) is 1. The van der Waals surface area contributed by atoms with Crippen molar-refractivity contribution in [3.05, 3.63) is 34.4 Å². The van der Waals surface area contributed by atoms with Gasteiger partial charge in [0.2, 0.25) is 0 Å². The van der Waals surface area contributed by atoms with Crippen molar-refractivity contribution in [1.82, 2.24) is 9.66 Å². The number of hydrogen-bond donors (Lipinski definition) is 2. The van der Waals surface area contributed by atoms with Gasteiger partial charge in [0.1, 0.15) is 11.2 Å². The Balaban J connectivity index is 2.07. The molecular formula is C15H14N4O2S. The molecular weight excluding hydrogens is 300 g/mol. The predicted molar refractivity (Wildman–Crippen MR) is 85.0 cm³/mol. The van der Waals surface area contributed by atoms with Gasteiger partial charge in [-0.15, -0.1) is 11.3 Å². The van der Waals surface area contributed by atoms with Crippen molar-refractivity contribution in [2.24, 2.45) is 0 Å². The molecule has 0 amide bonds. The summed E-state index contributed by atoms with van der Waals surface area (Å²) in [7, 11) is 3.25. The molecule has 2 aromatic heterocycles. The first kappa shape index (κ1) is 13.1. The summed E-state index contributed by atoms with van der Waals surface area (Å²) in [5.74, 6) is 7.19. The van der Waals surface area contributed by atoms with Gasteiger partial charge < -0.3 is 15.3 Å². The lowest BCUT2D eigenvalue weighted by molar-refractivity contribution is 0.355. The normalized spacial score (nSPS) is 12.3. The summed E-state index contributed by atoms with van der Waals surface area (Å²) in [4.78, 5) is 6.38. The molecule has 0 fully saturated rings. The van der Waals surface area contributed by atoms with Crippen molar-refractivity contribution in [2.75, 3.05) is 20.1 Å². The molecule has 0 saturated heterocycles. The Morgan fingerprint density at radius 3 is 2.73 bits per heavy atom. The zero-order valence-corrected chi connectivity index (χ0v) is 13.0. The smallest absolute Gasteiger partial charge is 0.161 e. The van der Waals surface area contributed by atoms with E-state index in [0.29, 0.717) is 5.75 Å². The van der Waals surface area contributed by atoms with Gasteiger partial charge in [0.15, 0.2) is 17.0 Å². The minimum Gasteiger partial charge on any atom is -0.493 e. The van der Waals surface area contributed by atoms with Crippen LogP contribution in [0.2, 0.25) is 0 Å². The summed E-state index contributed by atoms with van der Waals surface area (Å²) in [6, 6.07) is 3.97. The number of nitrogen functional groups attached to an aromatic ring is 1. The zero-order chi connectivity index (χ0) is 15.4. The molecule has 2 heterocycles. The molecule has 112 valence electrons. The van der Waals surface area contributed by atoms with E-state index >= 15 is 0 Å². The summed E-state index contributed by atoms with van der Waals surface area (Å²) >= 11 is 1.61. The van der Waals surface area contributed by atoms with Crippen molar-refractivity contribution in [2.45, 2.75) is 6.42 Å². The number of aromatic nitrogens is 2. The third-order valence-corrected chi connectivity index (χ3v) is 5.08. The van der Waals surface area contributed by atoms with Gasteiger partial charge >= 0.3 is 0 Å². The molecule has 0 saturated carbocycles. The van der Waals surface area contributed by atoms with Gasteiger partial charge in [-0.3, -0.25) is 5.41 Å². The molecule has 0 spiro atoms. The Hall–Kier alpha value is -2.54. The van der Waals surface area contributed by atoms with Crippen LogP contribution in [-0.2, 0) is 6.42 Å². The van der Waals surface area contributed by atoms with Gasteiger partial charge in [0.05, 0.1) is 19.6 Å².